The fourth-order valence-corrected chi connectivity index (χ4v) is 2.49. The van der Waals surface area contributed by atoms with Crippen molar-refractivity contribution in [2.45, 2.75) is 51.5 Å². The number of halogens is 1. The molecule has 0 aliphatic carbocycles. The molecule has 0 heterocycles. The fourth-order valence-electron chi connectivity index (χ4n) is 2.49. The van der Waals surface area contributed by atoms with E-state index in [1.165, 1.54) is 0 Å². The van der Waals surface area contributed by atoms with Crippen LogP contribution in [0, 0.1) is 0 Å². The van der Waals surface area contributed by atoms with Crippen molar-refractivity contribution < 1.29 is 13.9 Å². The first-order valence-corrected chi connectivity index (χ1v) is 7.67. The van der Waals surface area contributed by atoms with Gasteiger partial charge in [0.25, 0.3) is 0 Å². The van der Waals surface area contributed by atoms with Gasteiger partial charge in [0.2, 0.25) is 0 Å². The van der Waals surface area contributed by atoms with Crippen molar-refractivity contribution in [3.63, 3.8) is 0 Å². The Kier molecular flexibility index (Phi) is 8.13. The standard InChI is InChI=1S/C17H28FNO2/c1-13(19)10-15-12-16(20-2)14(11-17(15)21-3)8-6-4-5-7-9-18/h11-13H,4-10,19H2,1-3H3. The van der Waals surface area contributed by atoms with Crippen LogP contribution in [0.5, 0.6) is 11.5 Å². The van der Waals surface area contributed by atoms with Gasteiger partial charge in [-0.15, -0.1) is 0 Å². The van der Waals surface area contributed by atoms with Gasteiger partial charge in [0, 0.05) is 6.04 Å². The lowest BCUT2D eigenvalue weighted by Gasteiger charge is -2.16. The van der Waals surface area contributed by atoms with E-state index in [9.17, 15) is 4.39 Å². The molecule has 0 aromatic heterocycles. The minimum Gasteiger partial charge on any atom is -0.496 e. The van der Waals surface area contributed by atoms with E-state index in [2.05, 4.69) is 0 Å². The molecule has 0 saturated carbocycles. The van der Waals surface area contributed by atoms with Gasteiger partial charge < -0.3 is 15.2 Å². The van der Waals surface area contributed by atoms with Crippen LogP contribution in [0.25, 0.3) is 0 Å². The maximum absolute atomic E-state index is 12.1. The lowest BCUT2D eigenvalue weighted by molar-refractivity contribution is 0.392. The smallest absolute Gasteiger partial charge is 0.122 e. The normalized spacial score (nSPS) is 12.2. The Morgan fingerprint density at radius 1 is 1.00 bits per heavy atom. The summed E-state index contributed by atoms with van der Waals surface area (Å²) in [5, 5.41) is 0. The molecule has 0 spiro atoms. The second kappa shape index (κ2) is 9.61. The molecule has 0 bridgehead atoms. The molecule has 0 aliphatic heterocycles. The van der Waals surface area contributed by atoms with Crippen molar-refractivity contribution in [3.8, 4) is 11.5 Å². The summed E-state index contributed by atoms with van der Waals surface area (Å²) in [4.78, 5) is 0. The summed E-state index contributed by atoms with van der Waals surface area (Å²) in [5.74, 6) is 1.75. The summed E-state index contributed by atoms with van der Waals surface area (Å²) >= 11 is 0. The Morgan fingerprint density at radius 2 is 1.57 bits per heavy atom. The molecule has 2 N–H and O–H groups in total. The van der Waals surface area contributed by atoms with Crippen molar-refractivity contribution in [2.75, 3.05) is 20.9 Å². The van der Waals surface area contributed by atoms with Gasteiger partial charge in [-0.05, 0) is 55.9 Å². The van der Waals surface area contributed by atoms with Crippen LogP contribution in [0.3, 0.4) is 0 Å². The molecule has 1 unspecified atom stereocenters. The highest BCUT2D eigenvalue weighted by Crippen LogP contribution is 2.30. The summed E-state index contributed by atoms with van der Waals surface area (Å²) in [6.07, 6.45) is 5.36. The molecule has 21 heavy (non-hydrogen) atoms. The molecule has 120 valence electrons. The summed E-state index contributed by atoms with van der Waals surface area (Å²) in [7, 11) is 3.36. The van der Waals surface area contributed by atoms with Gasteiger partial charge in [0.05, 0.1) is 20.9 Å². The SMILES string of the molecule is COc1cc(CC(C)N)c(OC)cc1CCCCCCF. The van der Waals surface area contributed by atoms with Crippen LogP contribution in [0.1, 0.15) is 43.7 Å². The monoisotopic (exact) mass is 297 g/mol. The van der Waals surface area contributed by atoms with Crippen LogP contribution in [-0.2, 0) is 12.8 Å². The van der Waals surface area contributed by atoms with Gasteiger partial charge >= 0.3 is 0 Å². The summed E-state index contributed by atoms with van der Waals surface area (Å²) in [6.45, 7) is 1.76. The Bertz CT molecular complexity index is 421. The Labute approximate surface area is 127 Å². The number of hydrogen-bond donors (Lipinski definition) is 1. The van der Waals surface area contributed by atoms with Crippen molar-refractivity contribution in [3.05, 3.63) is 23.3 Å². The van der Waals surface area contributed by atoms with Gasteiger partial charge in [-0.2, -0.15) is 0 Å². The van der Waals surface area contributed by atoms with Gasteiger partial charge in [-0.1, -0.05) is 12.8 Å². The van der Waals surface area contributed by atoms with Crippen LogP contribution in [0.4, 0.5) is 4.39 Å². The fraction of sp³-hybridized carbons (Fsp3) is 0.647. The Balaban J connectivity index is 2.78. The number of hydrogen-bond acceptors (Lipinski definition) is 3. The molecule has 3 nitrogen and oxygen atoms in total. The average molecular weight is 297 g/mol. The first-order chi connectivity index (χ1) is 10.1. The van der Waals surface area contributed by atoms with E-state index in [0.717, 1.165) is 54.7 Å². The zero-order valence-electron chi connectivity index (χ0n) is 13.5. The second-order valence-electron chi connectivity index (χ2n) is 5.51. The van der Waals surface area contributed by atoms with Crippen molar-refractivity contribution in [1.29, 1.82) is 0 Å². The van der Waals surface area contributed by atoms with E-state index in [-0.39, 0.29) is 12.7 Å². The average Bonchev–Trinajstić information content (AvgIpc) is 2.47. The number of rotatable bonds is 10. The number of alkyl halides is 1. The van der Waals surface area contributed by atoms with E-state index >= 15 is 0 Å². The number of methoxy groups -OCH3 is 2. The molecule has 1 rings (SSSR count). The second-order valence-corrected chi connectivity index (χ2v) is 5.51. The number of benzene rings is 1. The van der Waals surface area contributed by atoms with E-state index < -0.39 is 0 Å². The molecule has 1 aromatic carbocycles. The largest absolute Gasteiger partial charge is 0.496 e. The Hall–Kier alpha value is -1.29. The highest BCUT2D eigenvalue weighted by atomic mass is 19.1. The molecule has 4 heteroatoms. The first-order valence-electron chi connectivity index (χ1n) is 7.67. The van der Waals surface area contributed by atoms with Crippen LogP contribution in [-0.4, -0.2) is 26.9 Å². The van der Waals surface area contributed by atoms with E-state index in [1.54, 1.807) is 14.2 Å². The maximum Gasteiger partial charge on any atom is 0.122 e. The third-order valence-corrected chi connectivity index (χ3v) is 3.56. The maximum atomic E-state index is 12.1. The third kappa shape index (κ3) is 5.92. The zero-order valence-corrected chi connectivity index (χ0v) is 13.5. The summed E-state index contributed by atoms with van der Waals surface area (Å²) in [5.41, 5.74) is 8.09. The van der Waals surface area contributed by atoms with Crippen LogP contribution < -0.4 is 15.2 Å². The van der Waals surface area contributed by atoms with Gasteiger partial charge in [-0.25, -0.2) is 0 Å². The molecular weight excluding hydrogens is 269 g/mol. The number of aryl methyl sites for hydroxylation is 1. The van der Waals surface area contributed by atoms with Gasteiger partial charge in [-0.3, -0.25) is 4.39 Å². The third-order valence-electron chi connectivity index (χ3n) is 3.56. The van der Waals surface area contributed by atoms with Crippen LogP contribution >= 0.6 is 0 Å². The predicted molar refractivity (Wildman–Crippen MR) is 85.0 cm³/mol. The molecule has 0 aliphatic rings. The number of unbranched alkanes of at least 4 members (excludes halogenated alkanes) is 3. The summed E-state index contributed by atoms with van der Waals surface area (Å²) in [6, 6.07) is 4.15. The molecule has 1 aromatic rings. The first kappa shape index (κ1) is 17.8. The van der Waals surface area contributed by atoms with Crippen molar-refractivity contribution >= 4 is 0 Å². The van der Waals surface area contributed by atoms with Crippen LogP contribution in [0.15, 0.2) is 12.1 Å². The highest BCUT2D eigenvalue weighted by molar-refractivity contribution is 5.47. The minimum atomic E-state index is -0.219. The van der Waals surface area contributed by atoms with Gasteiger partial charge in [0.15, 0.2) is 0 Å². The zero-order chi connectivity index (χ0) is 15.7. The predicted octanol–water partition coefficient (Wildman–Crippen LogP) is 3.67. The molecule has 0 fully saturated rings. The topological polar surface area (TPSA) is 44.5 Å². The number of ether oxygens (including phenoxy) is 2. The molecule has 0 amide bonds. The highest BCUT2D eigenvalue weighted by Gasteiger charge is 2.12. The molecule has 0 radical (unpaired) electrons. The van der Waals surface area contributed by atoms with E-state index in [4.69, 9.17) is 15.2 Å². The lowest BCUT2D eigenvalue weighted by atomic mass is 9.99. The van der Waals surface area contributed by atoms with Crippen LogP contribution in [0.2, 0.25) is 0 Å². The minimum absolute atomic E-state index is 0.0788. The van der Waals surface area contributed by atoms with E-state index in [0.29, 0.717) is 6.42 Å². The van der Waals surface area contributed by atoms with Crippen molar-refractivity contribution in [2.24, 2.45) is 5.73 Å². The van der Waals surface area contributed by atoms with Gasteiger partial charge in [0.1, 0.15) is 11.5 Å². The molecule has 0 saturated heterocycles. The molecule has 1 atom stereocenters. The molecular formula is C17H28FNO2. The summed E-state index contributed by atoms with van der Waals surface area (Å²) < 4.78 is 23.0. The van der Waals surface area contributed by atoms with E-state index in [1.807, 2.05) is 19.1 Å². The quantitative estimate of drug-likeness (QED) is 0.670. The van der Waals surface area contributed by atoms with Crippen molar-refractivity contribution in [1.82, 2.24) is 0 Å². The number of nitrogens with two attached hydrogens (primary N) is 1. The lowest BCUT2D eigenvalue weighted by Crippen LogP contribution is -2.18. The Morgan fingerprint density at radius 3 is 2.14 bits per heavy atom.